The summed E-state index contributed by atoms with van der Waals surface area (Å²) in [4.78, 5) is 0. The van der Waals surface area contributed by atoms with Crippen LogP contribution in [0, 0.1) is 0 Å². The van der Waals surface area contributed by atoms with Gasteiger partial charge < -0.3 is 21.5 Å². The lowest BCUT2D eigenvalue weighted by Crippen LogP contribution is -2.35. The van der Waals surface area contributed by atoms with Crippen molar-refractivity contribution in [1.29, 1.82) is 0 Å². The zero-order valence-electron chi connectivity index (χ0n) is 12.6. The molecule has 1 atom stereocenters. The highest BCUT2D eigenvalue weighted by atomic mass is 16.5. The van der Waals surface area contributed by atoms with Crippen molar-refractivity contribution in [2.45, 2.75) is 12.6 Å². The van der Waals surface area contributed by atoms with Crippen LogP contribution in [-0.4, -0.2) is 19.2 Å². The average molecular weight is 297 g/mol. The van der Waals surface area contributed by atoms with Crippen molar-refractivity contribution in [2.75, 3.05) is 13.2 Å². The maximum atomic E-state index is 6.01. The van der Waals surface area contributed by atoms with E-state index in [2.05, 4.69) is 5.32 Å². The van der Waals surface area contributed by atoms with Gasteiger partial charge in [-0.1, -0.05) is 60.7 Å². The third kappa shape index (κ3) is 5.60. The Morgan fingerprint density at radius 1 is 1.05 bits per heavy atom. The van der Waals surface area contributed by atoms with Crippen molar-refractivity contribution in [1.82, 2.24) is 5.32 Å². The highest BCUT2D eigenvalue weighted by molar-refractivity contribution is 5.61. The lowest BCUT2D eigenvalue weighted by molar-refractivity contribution is 0.108. The van der Waals surface area contributed by atoms with Gasteiger partial charge in [-0.15, -0.1) is 0 Å². The molecule has 1 unspecified atom stereocenters. The second-order valence-electron chi connectivity index (χ2n) is 5.13. The van der Waals surface area contributed by atoms with E-state index in [9.17, 15) is 0 Å². The molecule has 116 valence electrons. The first-order valence-corrected chi connectivity index (χ1v) is 7.37. The van der Waals surface area contributed by atoms with Crippen LogP contribution >= 0.6 is 0 Å². The van der Waals surface area contributed by atoms with E-state index in [4.69, 9.17) is 16.2 Å². The fourth-order valence-corrected chi connectivity index (χ4v) is 2.00. The Balaban J connectivity index is 1.66. The lowest BCUT2D eigenvalue weighted by atomic mass is 10.2. The van der Waals surface area contributed by atoms with Gasteiger partial charge in [0, 0.05) is 18.8 Å². The highest BCUT2D eigenvalue weighted by Gasteiger charge is 2.02. The Kier molecular flexibility index (Phi) is 6.48. The number of nitrogens with two attached hydrogens (primary N) is 2. The van der Waals surface area contributed by atoms with Crippen molar-refractivity contribution < 1.29 is 4.74 Å². The Labute approximate surface area is 131 Å². The Morgan fingerprint density at radius 2 is 1.68 bits per heavy atom. The molecule has 0 bridgehead atoms. The van der Waals surface area contributed by atoms with E-state index in [1.165, 1.54) is 0 Å². The third-order valence-corrected chi connectivity index (χ3v) is 3.19. The molecule has 0 radical (unpaired) electrons. The maximum Gasteiger partial charge on any atom is 0.0717 e. The van der Waals surface area contributed by atoms with E-state index in [0.717, 1.165) is 11.1 Å². The van der Waals surface area contributed by atoms with Crippen LogP contribution in [0.2, 0.25) is 0 Å². The van der Waals surface area contributed by atoms with E-state index in [0.29, 0.717) is 25.5 Å². The fourth-order valence-electron chi connectivity index (χ4n) is 2.00. The largest absolute Gasteiger partial charge is 0.397 e. The normalized spacial score (nSPS) is 12.9. The van der Waals surface area contributed by atoms with Crippen LogP contribution in [-0.2, 0) is 11.3 Å². The number of nitrogens with one attached hydrogen (secondary N) is 1. The molecule has 0 aromatic heterocycles. The van der Waals surface area contributed by atoms with Crippen molar-refractivity contribution in [3.8, 4) is 0 Å². The Hall–Kier alpha value is -2.30. The molecule has 4 nitrogen and oxygen atoms in total. The van der Waals surface area contributed by atoms with E-state index < -0.39 is 0 Å². The zero-order valence-corrected chi connectivity index (χ0v) is 12.6. The summed E-state index contributed by atoms with van der Waals surface area (Å²) in [6, 6.07) is 19.8. The number of hydrogen-bond acceptors (Lipinski definition) is 4. The van der Waals surface area contributed by atoms with Crippen LogP contribution < -0.4 is 16.8 Å². The van der Waals surface area contributed by atoms with Gasteiger partial charge in [-0.05, 0) is 11.1 Å². The van der Waals surface area contributed by atoms with E-state index in [1.54, 1.807) is 6.20 Å². The zero-order chi connectivity index (χ0) is 15.6. The van der Waals surface area contributed by atoms with Crippen LogP contribution in [0.3, 0.4) is 0 Å². The lowest BCUT2D eigenvalue weighted by Gasteiger charge is -2.13. The summed E-state index contributed by atoms with van der Waals surface area (Å²) >= 11 is 0. The molecule has 22 heavy (non-hydrogen) atoms. The molecule has 0 aliphatic rings. The van der Waals surface area contributed by atoms with Gasteiger partial charge in [0.1, 0.15) is 0 Å². The summed E-state index contributed by atoms with van der Waals surface area (Å²) in [6.07, 6.45) is 1.78. The summed E-state index contributed by atoms with van der Waals surface area (Å²) in [6.45, 7) is 1.69. The SMILES string of the molecule is N/C(=C\NCC(N)COCc1ccccc1)c1ccccc1. The van der Waals surface area contributed by atoms with Gasteiger partial charge in [0.2, 0.25) is 0 Å². The molecule has 2 aromatic rings. The summed E-state index contributed by atoms with van der Waals surface area (Å²) < 4.78 is 5.61. The summed E-state index contributed by atoms with van der Waals surface area (Å²) in [5.41, 5.74) is 14.8. The van der Waals surface area contributed by atoms with Gasteiger partial charge in [-0.3, -0.25) is 0 Å². The first-order chi connectivity index (χ1) is 10.8. The highest BCUT2D eigenvalue weighted by Crippen LogP contribution is 2.06. The smallest absolute Gasteiger partial charge is 0.0717 e. The molecule has 0 aliphatic heterocycles. The van der Waals surface area contributed by atoms with E-state index in [1.807, 2.05) is 60.7 Å². The first-order valence-electron chi connectivity index (χ1n) is 7.37. The van der Waals surface area contributed by atoms with Crippen LogP contribution in [0.4, 0.5) is 0 Å². The molecule has 0 fully saturated rings. The average Bonchev–Trinajstić information content (AvgIpc) is 2.56. The molecule has 0 aliphatic carbocycles. The quantitative estimate of drug-likeness (QED) is 0.697. The Bertz CT molecular complexity index is 569. The van der Waals surface area contributed by atoms with Crippen LogP contribution in [0.5, 0.6) is 0 Å². The summed E-state index contributed by atoms with van der Waals surface area (Å²) in [5.74, 6) is 0. The number of rotatable bonds is 8. The monoisotopic (exact) mass is 297 g/mol. The minimum Gasteiger partial charge on any atom is -0.397 e. The van der Waals surface area contributed by atoms with E-state index in [-0.39, 0.29) is 6.04 Å². The molecule has 0 saturated heterocycles. The molecule has 0 spiro atoms. The first kappa shape index (κ1) is 16.1. The molecule has 0 amide bonds. The minimum absolute atomic E-state index is 0.0801. The van der Waals surface area contributed by atoms with Gasteiger partial charge in [-0.2, -0.15) is 0 Å². The topological polar surface area (TPSA) is 73.3 Å². The third-order valence-electron chi connectivity index (χ3n) is 3.19. The van der Waals surface area contributed by atoms with Gasteiger partial charge >= 0.3 is 0 Å². The number of hydrogen-bond donors (Lipinski definition) is 3. The molecule has 4 heteroatoms. The van der Waals surface area contributed by atoms with Crippen LogP contribution in [0.1, 0.15) is 11.1 Å². The summed E-state index contributed by atoms with van der Waals surface area (Å²) in [5, 5.41) is 3.14. The van der Waals surface area contributed by atoms with Crippen LogP contribution in [0.15, 0.2) is 66.9 Å². The standard InChI is InChI=1S/C18H23N3O/c19-17(14-22-13-15-7-3-1-4-8-15)11-21-12-18(20)16-9-5-2-6-10-16/h1-10,12,17,21H,11,13-14,19-20H2/b18-12-. The Morgan fingerprint density at radius 3 is 2.36 bits per heavy atom. The van der Waals surface area contributed by atoms with Crippen LogP contribution in [0.25, 0.3) is 5.70 Å². The summed E-state index contributed by atoms with van der Waals surface area (Å²) in [7, 11) is 0. The number of ether oxygens (including phenoxy) is 1. The molecule has 5 N–H and O–H groups in total. The molecule has 2 aromatic carbocycles. The second kappa shape index (κ2) is 8.87. The van der Waals surface area contributed by atoms with Crippen molar-refractivity contribution in [3.05, 3.63) is 78.0 Å². The van der Waals surface area contributed by atoms with Crippen molar-refractivity contribution in [3.63, 3.8) is 0 Å². The van der Waals surface area contributed by atoms with Crippen molar-refractivity contribution in [2.24, 2.45) is 11.5 Å². The predicted octanol–water partition coefficient (Wildman–Crippen LogP) is 2.08. The molecule has 0 saturated carbocycles. The van der Waals surface area contributed by atoms with Gasteiger partial charge in [0.05, 0.1) is 18.9 Å². The minimum atomic E-state index is -0.0801. The maximum absolute atomic E-state index is 6.01. The molecular formula is C18H23N3O. The van der Waals surface area contributed by atoms with Gasteiger partial charge in [-0.25, -0.2) is 0 Å². The van der Waals surface area contributed by atoms with E-state index >= 15 is 0 Å². The number of benzene rings is 2. The van der Waals surface area contributed by atoms with Crippen molar-refractivity contribution >= 4 is 5.70 Å². The predicted molar refractivity (Wildman–Crippen MR) is 90.7 cm³/mol. The molecule has 2 rings (SSSR count). The molecular weight excluding hydrogens is 274 g/mol. The second-order valence-corrected chi connectivity index (χ2v) is 5.13. The fraction of sp³-hybridized carbons (Fsp3) is 0.222. The molecule has 0 heterocycles. The van der Waals surface area contributed by atoms with Gasteiger partial charge in [0.25, 0.3) is 0 Å². The van der Waals surface area contributed by atoms with Gasteiger partial charge in [0.15, 0.2) is 0 Å².